The van der Waals surface area contributed by atoms with Crippen molar-refractivity contribution in [2.45, 2.75) is 26.4 Å². The number of benzene rings is 1. The van der Waals surface area contributed by atoms with Crippen molar-refractivity contribution < 1.29 is 18.3 Å². The van der Waals surface area contributed by atoms with Gasteiger partial charge in [0.15, 0.2) is 5.78 Å². The summed E-state index contributed by atoms with van der Waals surface area (Å²) in [5.41, 5.74) is -0.760. The maximum atomic E-state index is 13.2. The van der Waals surface area contributed by atoms with E-state index in [1.54, 1.807) is 20.8 Å². The van der Waals surface area contributed by atoms with Crippen LogP contribution in [-0.2, 0) is 4.74 Å². The molecule has 0 heterocycles. The molecule has 0 aromatic heterocycles. The lowest BCUT2D eigenvalue weighted by Crippen LogP contribution is -2.24. The predicted molar refractivity (Wildman–Crippen MR) is 56.4 cm³/mol. The topological polar surface area (TPSA) is 26.3 Å². The maximum Gasteiger partial charge on any atom is 0.191 e. The van der Waals surface area contributed by atoms with Gasteiger partial charge in [0, 0.05) is 0 Å². The van der Waals surface area contributed by atoms with Crippen LogP contribution in [0.1, 0.15) is 31.1 Å². The molecule has 1 aromatic carbocycles. The Bertz CT molecular complexity index is 394. The number of Topliss-reactive ketones (excluding diaryl/α,β-unsaturated/α-hetero) is 1. The van der Waals surface area contributed by atoms with E-state index >= 15 is 0 Å². The molecule has 0 atom stereocenters. The average molecular weight is 228 g/mol. The number of carbonyl (C=O) groups is 1. The molecule has 1 aromatic rings. The van der Waals surface area contributed by atoms with Gasteiger partial charge in [-0.1, -0.05) is 0 Å². The zero-order valence-corrected chi connectivity index (χ0v) is 9.51. The number of ketones is 1. The van der Waals surface area contributed by atoms with Crippen molar-refractivity contribution in [2.24, 2.45) is 0 Å². The van der Waals surface area contributed by atoms with Crippen LogP contribution in [0.15, 0.2) is 18.2 Å². The minimum absolute atomic E-state index is 0.260. The summed E-state index contributed by atoms with van der Waals surface area (Å²) in [6.45, 7) is 5.08. The first-order valence-electron chi connectivity index (χ1n) is 4.92. The number of halogens is 2. The second-order valence-corrected chi connectivity index (χ2v) is 4.45. The van der Waals surface area contributed by atoms with E-state index in [4.69, 9.17) is 4.74 Å². The van der Waals surface area contributed by atoms with E-state index in [2.05, 4.69) is 0 Å². The Balaban J connectivity index is 2.77. The summed E-state index contributed by atoms with van der Waals surface area (Å²) >= 11 is 0. The highest BCUT2D eigenvalue weighted by Gasteiger charge is 2.17. The first kappa shape index (κ1) is 12.8. The Morgan fingerprint density at radius 1 is 1.31 bits per heavy atom. The van der Waals surface area contributed by atoms with Crippen molar-refractivity contribution >= 4 is 5.78 Å². The van der Waals surface area contributed by atoms with Gasteiger partial charge in [0.05, 0.1) is 11.2 Å². The van der Waals surface area contributed by atoms with Gasteiger partial charge in [-0.05, 0) is 39.0 Å². The van der Waals surface area contributed by atoms with E-state index in [9.17, 15) is 13.6 Å². The Morgan fingerprint density at radius 2 is 1.94 bits per heavy atom. The fourth-order valence-corrected chi connectivity index (χ4v) is 1.07. The first-order valence-corrected chi connectivity index (χ1v) is 4.92. The number of rotatable bonds is 3. The number of carbonyl (C=O) groups excluding carboxylic acids is 1. The van der Waals surface area contributed by atoms with Gasteiger partial charge < -0.3 is 4.74 Å². The van der Waals surface area contributed by atoms with Gasteiger partial charge in [0.2, 0.25) is 0 Å². The first-order chi connectivity index (χ1) is 7.29. The average Bonchev–Trinajstić information content (AvgIpc) is 2.17. The molecular formula is C12H14F2O2. The molecule has 0 spiro atoms. The molecule has 0 saturated carbocycles. The van der Waals surface area contributed by atoms with E-state index in [-0.39, 0.29) is 12.2 Å². The zero-order valence-electron chi connectivity index (χ0n) is 9.51. The van der Waals surface area contributed by atoms with Crippen molar-refractivity contribution in [3.05, 3.63) is 35.4 Å². The highest BCUT2D eigenvalue weighted by molar-refractivity contribution is 5.97. The molecule has 0 aliphatic carbocycles. The van der Waals surface area contributed by atoms with Gasteiger partial charge in [0.25, 0.3) is 0 Å². The van der Waals surface area contributed by atoms with Gasteiger partial charge in [-0.15, -0.1) is 0 Å². The normalized spacial score (nSPS) is 11.6. The van der Waals surface area contributed by atoms with Gasteiger partial charge in [-0.25, -0.2) is 8.78 Å². The smallest absolute Gasteiger partial charge is 0.191 e. The van der Waals surface area contributed by atoms with E-state index in [1.807, 2.05) is 0 Å². The fraction of sp³-hybridized carbons (Fsp3) is 0.417. The largest absolute Gasteiger partial charge is 0.368 e. The molecule has 2 nitrogen and oxygen atoms in total. The van der Waals surface area contributed by atoms with E-state index in [0.717, 1.165) is 18.2 Å². The van der Waals surface area contributed by atoms with Crippen molar-refractivity contribution in [3.63, 3.8) is 0 Å². The molecule has 0 aliphatic heterocycles. The summed E-state index contributed by atoms with van der Waals surface area (Å²) in [6, 6.07) is 2.78. The zero-order chi connectivity index (χ0) is 12.3. The van der Waals surface area contributed by atoms with Gasteiger partial charge in [-0.2, -0.15) is 0 Å². The Kier molecular flexibility index (Phi) is 3.75. The third-order valence-corrected chi connectivity index (χ3v) is 1.87. The van der Waals surface area contributed by atoms with E-state index in [1.165, 1.54) is 0 Å². The standard InChI is InChI=1S/C12H14F2O2/c1-12(2,3)16-7-11(15)9-6-8(13)4-5-10(9)14/h4-6H,7H2,1-3H3. The molecule has 0 radical (unpaired) electrons. The Morgan fingerprint density at radius 3 is 2.50 bits per heavy atom. The molecule has 1 rings (SSSR count). The Labute approximate surface area is 93.2 Å². The molecule has 0 saturated heterocycles. The Hall–Kier alpha value is -1.29. The van der Waals surface area contributed by atoms with Crippen LogP contribution in [0.3, 0.4) is 0 Å². The molecule has 16 heavy (non-hydrogen) atoms. The van der Waals surface area contributed by atoms with Crippen LogP contribution in [0.5, 0.6) is 0 Å². The fourth-order valence-electron chi connectivity index (χ4n) is 1.07. The van der Waals surface area contributed by atoms with Gasteiger partial charge in [-0.3, -0.25) is 4.79 Å². The quantitative estimate of drug-likeness (QED) is 0.743. The van der Waals surface area contributed by atoms with Crippen LogP contribution in [-0.4, -0.2) is 18.0 Å². The lowest BCUT2D eigenvalue weighted by molar-refractivity contribution is 0.00289. The summed E-state index contributed by atoms with van der Waals surface area (Å²) in [4.78, 5) is 11.5. The van der Waals surface area contributed by atoms with Gasteiger partial charge >= 0.3 is 0 Å². The second-order valence-electron chi connectivity index (χ2n) is 4.45. The summed E-state index contributed by atoms with van der Waals surface area (Å²) in [6.07, 6.45) is 0. The second kappa shape index (κ2) is 4.70. The number of ether oxygens (including phenoxy) is 1. The summed E-state index contributed by atoms with van der Waals surface area (Å²) in [5.74, 6) is -1.93. The summed E-state index contributed by atoms with van der Waals surface area (Å²) in [5, 5.41) is 0. The van der Waals surface area contributed by atoms with Crippen molar-refractivity contribution in [1.29, 1.82) is 0 Å². The minimum Gasteiger partial charge on any atom is -0.368 e. The lowest BCUT2D eigenvalue weighted by Gasteiger charge is -2.18. The number of hydrogen-bond donors (Lipinski definition) is 0. The molecular weight excluding hydrogens is 214 g/mol. The van der Waals surface area contributed by atoms with Crippen LogP contribution in [0.25, 0.3) is 0 Å². The van der Waals surface area contributed by atoms with Crippen LogP contribution in [0.4, 0.5) is 8.78 Å². The molecule has 0 amide bonds. The summed E-state index contributed by atoms with van der Waals surface area (Å²) in [7, 11) is 0. The molecule has 0 aliphatic rings. The molecule has 0 N–H and O–H groups in total. The van der Waals surface area contributed by atoms with Crippen molar-refractivity contribution in [2.75, 3.05) is 6.61 Å². The third-order valence-electron chi connectivity index (χ3n) is 1.87. The maximum absolute atomic E-state index is 13.2. The van der Waals surface area contributed by atoms with Crippen molar-refractivity contribution in [3.8, 4) is 0 Å². The van der Waals surface area contributed by atoms with Crippen LogP contribution < -0.4 is 0 Å². The SMILES string of the molecule is CC(C)(C)OCC(=O)c1cc(F)ccc1F. The minimum atomic E-state index is -0.732. The molecule has 0 fully saturated rings. The third kappa shape index (κ3) is 3.70. The lowest BCUT2D eigenvalue weighted by atomic mass is 10.1. The van der Waals surface area contributed by atoms with Gasteiger partial charge in [0.1, 0.15) is 18.2 Å². The van der Waals surface area contributed by atoms with E-state index in [0.29, 0.717) is 0 Å². The molecule has 0 bridgehead atoms. The number of hydrogen-bond acceptors (Lipinski definition) is 2. The van der Waals surface area contributed by atoms with Crippen LogP contribution in [0, 0.1) is 11.6 Å². The molecule has 4 heteroatoms. The van der Waals surface area contributed by atoms with E-state index < -0.39 is 23.0 Å². The predicted octanol–water partition coefficient (Wildman–Crippen LogP) is 2.96. The molecule has 0 unspecified atom stereocenters. The molecule has 88 valence electrons. The summed E-state index contributed by atoms with van der Waals surface area (Å²) < 4.78 is 31.2. The van der Waals surface area contributed by atoms with Crippen LogP contribution in [0.2, 0.25) is 0 Å². The highest BCUT2D eigenvalue weighted by Crippen LogP contribution is 2.13. The van der Waals surface area contributed by atoms with Crippen molar-refractivity contribution in [1.82, 2.24) is 0 Å². The monoisotopic (exact) mass is 228 g/mol. The van der Waals surface area contributed by atoms with Crippen LogP contribution >= 0.6 is 0 Å². The highest BCUT2D eigenvalue weighted by atomic mass is 19.1.